The Kier molecular flexibility index (Phi) is 3.41. The van der Waals surface area contributed by atoms with Crippen LogP contribution in [0.2, 0.25) is 5.15 Å². The van der Waals surface area contributed by atoms with Crippen molar-refractivity contribution in [2.24, 2.45) is 0 Å². The van der Waals surface area contributed by atoms with Gasteiger partial charge in [0.25, 0.3) is 0 Å². The minimum absolute atomic E-state index is 0.557. The molecule has 78 valence electrons. The van der Waals surface area contributed by atoms with E-state index in [1.54, 1.807) is 0 Å². The SMILES string of the molecule is CCCc1nc(Cl)c2cc(I)ccc2n1. The molecule has 4 heteroatoms. The summed E-state index contributed by atoms with van der Waals surface area (Å²) in [4.78, 5) is 8.75. The van der Waals surface area contributed by atoms with Crippen LogP contribution in [-0.2, 0) is 6.42 Å². The molecule has 0 aliphatic rings. The lowest BCUT2D eigenvalue weighted by Crippen LogP contribution is -1.96. The Hall–Kier alpha value is -0.420. The first kappa shape index (κ1) is 11.1. The molecule has 0 amide bonds. The standard InChI is InChI=1S/C11H10ClIN2/c1-2-3-10-14-9-5-4-7(13)6-8(9)11(12)15-10/h4-6H,2-3H2,1H3. The highest BCUT2D eigenvalue weighted by atomic mass is 127. The Morgan fingerprint density at radius 3 is 2.87 bits per heavy atom. The Morgan fingerprint density at radius 1 is 1.33 bits per heavy atom. The van der Waals surface area contributed by atoms with Crippen LogP contribution in [0.15, 0.2) is 18.2 Å². The first-order chi connectivity index (χ1) is 7.20. The molecule has 0 fully saturated rings. The van der Waals surface area contributed by atoms with Gasteiger partial charge in [-0.3, -0.25) is 0 Å². The molecule has 0 atom stereocenters. The molecule has 0 unspecified atom stereocenters. The molecular weight excluding hydrogens is 322 g/mol. The average Bonchev–Trinajstić information content (AvgIpc) is 2.20. The van der Waals surface area contributed by atoms with E-state index in [9.17, 15) is 0 Å². The number of aryl methyl sites for hydroxylation is 1. The van der Waals surface area contributed by atoms with Gasteiger partial charge in [-0.1, -0.05) is 18.5 Å². The first-order valence-corrected chi connectivity index (χ1v) is 6.28. The smallest absolute Gasteiger partial charge is 0.140 e. The Labute approximate surface area is 107 Å². The summed E-state index contributed by atoms with van der Waals surface area (Å²) < 4.78 is 1.15. The van der Waals surface area contributed by atoms with Crippen molar-refractivity contribution in [3.63, 3.8) is 0 Å². The first-order valence-electron chi connectivity index (χ1n) is 4.82. The van der Waals surface area contributed by atoms with Crippen molar-refractivity contribution < 1.29 is 0 Å². The maximum Gasteiger partial charge on any atom is 0.140 e. The van der Waals surface area contributed by atoms with E-state index >= 15 is 0 Å². The van der Waals surface area contributed by atoms with E-state index in [1.807, 2.05) is 18.2 Å². The molecule has 0 radical (unpaired) electrons. The fourth-order valence-electron chi connectivity index (χ4n) is 1.44. The summed E-state index contributed by atoms with van der Waals surface area (Å²) in [6.07, 6.45) is 1.91. The fraction of sp³-hybridized carbons (Fsp3) is 0.273. The maximum atomic E-state index is 6.12. The van der Waals surface area contributed by atoms with E-state index in [2.05, 4.69) is 39.5 Å². The van der Waals surface area contributed by atoms with Gasteiger partial charge in [0.15, 0.2) is 0 Å². The van der Waals surface area contributed by atoms with Crippen molar-refractivity contribution in [2.45, 2.75) is 19.8 Å². The highest BCUT2D eigenvalue weighted by Crippen LogP contribution is 2.22. The Balaban J connectivity index is 2.62. The molecule has 2 nitrogen and oxygen atoms in total. The van der Waals surface area contributed by atoms with Gasteiger partial charge in [-0.25, -0.2) is 9.97 Å². The summed E-state index contributed by atoms with van der Waals surface area (Å²) in [5, 5.41) is 1.49. The van der Waals surface area contributed by atoms with Gasteiger partial charge in [0, 0.05) is 15.4 Å². The van der Waals surface area contributed by atoms with Crippen molar-refractivity contribution in [1.29, 1.82) is 0 Å². The molecule has 0 N–H and O–H groups in total. The summed E-state index contributed by atoms with van der Waals surface area (Å²) in [6, 6.07) is 6.03. The number of fused-ring (bicyclic) bond motifs is 1. The molecule has 1 heterocycles. The van der Waals surface area contributed by atoms with E-state index in [1.165, 1.54) is 0 Å². The van der Waals surface area contributed by atoms with Gasteiger partial charge in [-0.15, -0.1) is 0 Å². The zero-order valence-corrected chi connectivity index (χ0v) is 11.2. The van der Waals surface area contributed by atoms with Crippen molar-refractivity contribution in [1.82, 2.24) is 9.97 Å². The van der Waals surface area contributed by atoms with E-state index < -0.39 is 0 Å². The fourth-order valence-corrected chi connectivity index (χ4v) is 2.18. The number of hydrogen-bond donors (Lipinski definition) is 0. The molecule has 1 aromatic carbocycles. The normalized spacial score (nSPS) is 10.9. The summed E-state index contributed by atoms with van der Waals surface area (Å²) in [5.74, 6) is 0.830. The van der Waals surface area contributed by atoms with Crippen molar-refractivity contribution in [3.8, 4) is 0 Å². The van der Waals surface area contributed by atoms with E-state index in [0.29, 0.717) is 5.15 Å². The number of benzene rings is 1. The number of nitrogens with zero attached hydrogens (tertiary/aromatic N) is 2. The minimum Gasteiger partial charge on any atom is -0.233 e. The Morgan fingerprint density at radius 2 is 2.13 bits per heavy atom. The molecule has 15 heavy (non-hydrogen) atoms. The summed E-state index contributed by atoms with van der Waals surface area (Å²) in [6.45, 7) is 2.11. The van der Waals surface area contributed by atoms with E-state index in [-0.39, 0.29) is 0 Å². The summed E-state index contributed by atoms with van der Waals surface area (Å²) in [5.41, 5.74) is 0.930. The monoisotopic (exact) mass is 332 g/mol. The van der Waals surface area contributed by atoms with Gasteiger partial charge >= 0.3 is 0 Å². The molecule has 0 saturated heterocycles. The minimum atomic E-state index is 0.557. The van der Waals surface area contributed by atoms with Crippen molar-refractivity contribution in [2.75, 3.05) is 0 Å². The number of aromatic nitrogens is 2. The second-order valence-electron chi connectivity index (χ2n) is 3.34. The van der Waals surface area contributed by atoms with Crippen LogP contribution >= 0.6 is 34.2 Å². The third-order valence-corrected chi connectivity index (χ3v) is 3.09. The third-order valence-electron chi connectivity index (χ3n) is 2.13. The second-order valence-corrected chi connectivity index (χ2v) is 4.95. The van der Waals surface area contributed by atoms with Gasteiger partial charge in [0.05, 0.1) is 5.52 Å². The van der Waals surface area contributed by atoms with Crippen LogP contribution in [0.1, 0.15) is 19.2 Å². The average molecular weight is 333 g/mol. The van der Waals surface area contributed by atoms with Crippen molar-refractivity contribution >= 4 is 45.1 Å². The van der Waals surface area contributed by atoms with Crippen LogP contribution < -0.4 is 0 Å². The van der Waals surface area contributed by atoms with Crippen LogP contribution in [0.25, 0.3) is 10.9 Å². The number of halogens is 2. The molecule has 0 spiro atoms. The molecule has 2 aromatic rings. The highest BCUT2D eigenvalue weighted by Gasteiger charge is 2.05. The van der Waals surface area contributed by atoms with Crippen LogP contribution in [-0.4, -0.2) is 9.97 Å². The van der Waals surface area contributed by atoms with Crippen LogP contribution in [0.3, 0.4) is 0 Å². The van der Waals surface area contributed by atoms with Gasteiger partial charge in [-0.2, -0.15) is 0 Å². The van der Waals surface area contributed by atoms with Gasteiger partial charge in [0.1, 0.15) is 11.0 Å². The highest BCUT2D eigenvalue weighted by molar-refractivity contribution is 14.1. The lowest BCUT2D eigenvalue weighted by Gasteiger charge is -2.03. The molecule has 1 aromatic heterocycles. The van der Waals surface area contributed by atoms with Crippen LogP contribution in [0.5, 0.6) is 0 Å². The molecule has 0 saturated carbocycles. The largest absolute Gasteiger partial charge is 0.233 e. The lowest BCUT2D eigenvalue weighted by molar-refractivity contribution is 0.844. The topological polar surface area (TPSA) is 25.8 Å². The molecule has 0 aliphatic carbocycles. The molecule has 2 rings (SSSR count). The second kappa shape index (κ2) is 4.61. The van der Waals surface area contributed by atoms with E-state index in [0.717, 1.165) is 33.1 Å². The van der Waals surface area contributed by atoms with Gasteiger partial charge in [0.2, 0.25) is 0 Å². The predicted molar refractivity (Wildman–Crippen MR) is 71.3 cm³/mol. The maximum absolute atomic E-state index is 6.12. The zero-order chi connectivity index (χ0) is 10.8. The summed E-state index contributed by atoms with van der Waals surface area (Å²) >= 11 is 8.37. The summed E-state index contributed by atoms with van der Waals surface area (Å²) in [7, 11) is 0. The third kappa shape index (κ3) is 2.39. The molecular formula is C11H10ClIN2. The lowest BCUT2D eigenvalue weighted by atomic mass is 10.2. The van der Waals surface area contributed by atoms with Gasteiger partial charge in [-0.05, 0) is 47.2 Å². The van der Waals surface area contributed by atoms with Crippen molar-refractivity contribution in [3.05, 3.63) is 32.7 Å². The quantitative estimate of drug-likeness (QED) is 0.617. The van der Waals surface area contributed by atoms with Gasteiger partial charge < -0.3 is 0 Å². The number of rotatable bonds is 2. The van der Waals surface area contributed by atoms with Crippen LogP contribution in [0.4, 0.5) is 0 Å². The number of hydrogen-bond acceptors (Lipinski definition) is 2. The molecule has 0 aliphatic heterocycles. The van der Waals surface area contributed by atoms with Crippen LogP contribution in [0, 0.1) is 3.57 Å². The molecule has 0 bridgehead atoms. The zero-order valence-electron chi connectivity index (χ0n) is 8.30. The predicted octanol–water partition coefficient (Wildman–Crippen LogP) is 3.84. The van der Waals surface area contributed by atoms with E-state index in [4.69, 9.17) is 11.6 Å². The Bertz CT molecular complexity index is 499.